The van der Waals surface area contributed by atoms with Gasteiger partial charge in [-0.3, -0.25) is 9.69 Å². The van der Waals surface area contributed by atoms with Crippen molar-refractivity contribution in [2.24, 2.45) is 4.99 Å². The Labute approximate surface area is 164 Å². The van der Waals surface area contributed by atoms with Crippen molar-refractivity contribution >= 4 is 11.9 Å². The second-order valence-corrected chi connectivity index (χ2v) is 8.00. The van der Waals surface area contributed by atoms with Crippen LogP contribution in [0.5, 0.6) is 0 Å². The van der Waals surface area contributed by atoms with Gasteiger partial charge < -0.3 is 20.3 Å². The van der Waals surface area contributed by atoms with E-state index in [1.165, 1.54) is 32.1 Å². The van der Waals surface area contributed by atoms with Gasteiger partial charge in [0.25, 0.3) is 0 Å². The highest BCUT2D eigenvalue weighted by Gasteiger charge is 2.38. The largest absolute Gasteiger partial charge is 0.379 e. The number of carbonyl (C=O) groups excluding carboxylic acids is 1. The van der Waals surface area contributed by atoms with Gasteiger partial charge in [-0.05, 0) is 19.8 Å². The fraction of sp³-hybridized carbons (Fsp3) is 0.800. The second kappa shape index (κ2) is 10.7. The molecule has 1 aliphatic carbocycles. The van der Waals surface area contributed by atoms with Gasteiger partial charge >= 0.3 is 0 Å². The Kier molecular flexibility index (Phi) is 8.57. The van der Waals surface area contributed by atoms with Crippen molar-refractivity contribution in [2.75, 3.05) is 60.0 Å². The van der Waals surface area contributed by atoms with Crippen LogP contribution in [0.2, 0.25) is 0 Å². The molecule has 0 aromatic rings. The van der Waals surface area contributed by atoms with Gasteiger partial charge in [0, 0.05) is 45.8 Å². The Morgan fingerprint density at radius 2 is 1.85 bits per heavy atom. The van der Waals surface area contributed by atoms with Gasteiger partial charge in [-0.15, -0.1) is 0 Å². The van der Waals surface area contributed by atoms with Gasteiger partial charge in [0.1, 0.15) is 6.54 Å². The number of carbonyl (C=O) groups is 1. The minimum absolute atomic E-state index is 0.00742. The molecule has 0 bridgehead atoms. The summed E-state index contributed by atoms with van der Waals surface area (Å²) in [7, 11) is 3.50. The lowest BCUT2D eigenvalue weighted by Crippen LogP contribution is -2.60. The fourth-order valence-corrected chi connectivity index (χ4v) is 3.80. The molecule has 2 rings (SSSR count). The van der Waals surface area contributed by atoms with Gasteiger partial charge in [0.05, 0.1) is 13.2 Å². The van der Waals surface area contributed by atoms with Crippen LogP contribution >= 0.6 is 0 Å². The predicted molar refractivity (Wildman–Crippen MR) is 110 cm³/mol. The highest BCUT2D eigenvalue weighted by atomic mass is 16.5. The molecule has 0 radical (unpaired) electrons. The van der Waals surface area contributed by atoms with E-state index in [1.807, 2.05) is 6.92 Å². The third kappa shape index (κ3) is 6.81. The predicted octanol–water partition coefficient (Wildman–Crippen LogP) is 1.22. The lowest BCUT2D eigenvalue weighted by molar-refractivity contribution is -0.127. The topological polar surface area (TPSA) is 69.2 Å². The van der Waals surface area contributed by atoms with Crippen molar-refractivity contribution < 1.29 is 9.53 Å². The molecule has 27 heavy (non-hydrogen) atoms. The van der Waals surface area contributed by atoms with E-state index in [-0.39, 0.29) is 18.0 Å². The smallest absolute Gasteiger partial charge is 0.243 e. The maximum Gasteiger partial charge on any atom is 0.243 e. The highest BCUT2D eigenvalue weighted by Crippen LogP contribution is 2.33. The van der Waals surface area contributed by atoms with E-state index in [4.69, 9.17) is 4.74 Å². The molecule has 0 aromatic heterocycles. The number of nitrogens with one attached hydrogen (secondary N) is 2. The van der Waals surface area contributed by atoms with Gasteiger partial charge in [-0.1, -0.05) is 31.4 Å². The number of likely N-dealkylation sites (N-methyl/N-ethyl adjacent to an activating group) is 1. The van der Waals surface area contributed by atoms with Crippen LogP contribution in [0, 0.1) is 0 Å². The Morgan fingerprint density at radius 3 is 2.44 bits per heavy atom. The van der Waals surface area contributed by atoms with E-state index in [2.05, 4.69) is 27.1 Å². The number of nitrogens with zero attached hydrogens (tertiary/aromatic N) is 3. The summed E-state index contributed by atoms with van der Waals surface area (Å²) in [6, 6.07) is 0. The summed E-state index contributed by atoms with van der Waals surface area (Å²) in [5.41, 5.74) is 1.18. The van der Waals surface area contributed by atoms with Crippen molar-refractivity contribution in [1.82, 2.24) is 20.4 Å². The van der Waals surface area contributed by atoms with E-state index < -0.39 is 0 Å². The van der Waals surface area contributed by atoms with Crippen LogP contribution < -0.4 is 10.6 Å². The minimum atomic E-state index is -0.00742. The molecule has 1 amide bonds. The molecular formula is C20H37N5O2. The third-order valence-corrected chi connectivity index (χ3v) is 5.48. The standard InChI is InChI=1S/C20H37N5O2/c1-17(2)14-21-19(22-15-18(26)24(3)4)23-16-20(8-6-5-7-9-20)25-10-12-27-13-11-25/h1,5-16H2,2-4H3,(H2,21,22,23). The lowest BCUT2D eigenvalue weighted by Gasteiger charge is -2.48. The molecule has 1 heterocycles. The summed E-state index contributed by atoms with van der Waals surface area (Å²) in [5, 5.41) is 6.82. The van der Waals surface area contributed by atoms with Crippen LogP contribution in [0.15, 0.2) is 17.1 Å². The quantitative estimate of drug-likeness (QED) is 0.395. The summed E-state index contributed by atoms with van der Waals surface area (Å²) in [6.07, 6.45) is 6.25. The zero-order valence-electron chi connectivity index (χ0n) is 17.4. The van der Waals surface area contributed by atoms with Gasteiger partial charge in [0.15, 0.2) is 5.96 Å². The van der Waals surface area contributed by atoms with Crippen molar-refractivity contribution in [3.8, 4) is 0 Å². The highest BCUT2D eigenvalue weighted by molar-refractivity contribution is 5.84. The van der Waals surface area contributed by atoms with Gasteiger partial charge in [-0.2, -0.15) is 0 Å². The first-order valence-electron chi connectivity index (χ1n) is 10.1. The second-order valence-electron chi connectivity index (χ2n) is 8.00. The molecule has 0 aromatic carbocycles. The number of morpholine rings is 1. The van der Waals surface area contributed by atoms with Crippen molar-refractivity contribution in [2.45, 2.75) is 44.6 Å². The number of aliphatic imine (C=N–C) groups is 1. The van der Waals surface area contributed by atoms with Crippen molar-refractivity contribution in [1.29, 1.82) is 0 Å². The molecule has 7 nitrogen and oxygen atoms in total. The van der Waals surface area contributed by atoms with E-state index in [9.17, 15) is 4.79 Å². The number of ether oxygens (including phenoxy) is 1. The molecule has 0 unspecified atom stereocenters. The van der Waals surface area contributed by atoms with Crippen molar-refractivity contribution in [3.05, 3.63) is 12.2 Å². The summed E-state index contributed by atoms with van der Waals surface area (Å²) >= 11 is 0. The Balaban J connectivity index is 2.04. The number of hydrogen-bond acceptors (Lipinski definition) is 4. The molecule has 2 N–H and O–H groups in total. The lowest BCUT2D eigenvalue weighted by atomic mass is 9.80. The first-order valence-corrected chi connectivity index (χ1v) is 10.1. The third-order valence-electron chi connectivity index (χ3n) is 5.48. The fourth-order valence-electron chi connectivity index (χ4n) is 3.80. The Morgan fingerprint density at radius 1 is 1.19 bits per heavy atom. The molecule has 1 aliphatic heterocycles. The number of rotatable bonds is 7. The average molecular weight is 380 g/mol. The molecule has 2 aliphatic rings. The molecule has 1 saturated carbocycles. The average Bonchev–Trinajstić information content (AvgIpc) is 2.68. The number of amides is 1. The maximum absolute atomic E-state index is 11.9. The summed E-state index contributed by atoms with van der Waals surface area (Å²) in [4.78, 5) is 20.6. The SMILES string of the molecule is C=C(C)CNC(=NCC(=O)N(C)C)NCC1(N2CCOCC2)CCCCC1. The van der Waals surface area contributed by atoms with Gasteiger partial charge in [0.2, 0.25) is 5.91 Å². The Bertz CT molecular complexity index is 520. The summed E-state index contributed by atoms with van der Waals surface area (Å²) < 4.78 is 5.56. The van der Waals surface area contributed by atoms with Gasteiger partial charge in [-0.25, -0.2) is 4.99 Å². The number of hydrogen-bond donors (Lipinski definition) is 2. The molecular weight excluding hydrogens is 342 g/mol. The van der Waals surface area contributed by atoms with Crippen LogP contribution in [0.4, 0.5) is 0 Å². The van der Waals surface area contributed by atoms with E-state index in [0.29, 0.717) is 12.5 Å². The molecule has 7 heteroatoms. The maximum atomic E-state index is 11.9. The van der Waals surface area contributed by atoms with Crippen LogP contribution in [0.3, 0.4) is 0 Å². The minimum Gasteiger partial charge on any atom is -0.379 e. The molecule has 2 fully saturated rings. The zero-order chi connectivity index (χ0) is 19.7. The molecule has 0 atom stereocenters. The zero-order valence-corrected chi connectivity index (χ0v) is 17.4. The van der Waals surface area contributed by atoms with E-state index >= 15 is 0 Å². The van der Waals surface area contributed by atoms with E-state index in [0.717, 1.165) is 38.4 Å². The van der Waals surface area contributed by atoms with Crippen LogP contribution in [-0.4, -0.2) is 87.2 Å². The first kappa shape index (κ1) is 21.7. The molecule has 0 spiro atoms. The normalized spacial score (nSPS) is 20.8. The molecule has 154 valence electrons. The van der Waals surface area contributed by atoms with Crippen molar-refractivity contribution in [3.63, 3.8) is 0 Å². The summed E-state index contributed by atoms with van der Waals surface area (Å²) in [6.45, 7) is 11.2. The Hall–Kier alpha value is -1.60. The van der Waals surface area contributed by atoms with Crippen LogP contribution in [-0.2, 0) is 9.53 Å². The van der Waals surface area contributed by atoms with E-state index in [1.54, 1.807) is 19.0 Å². The monoisotopic (exact) mass is 379 g/mol. The van der Waals surface area contributed by atoms with Crippen LogP contribution in [0.1, 0.15) is 39.0 Å². The van der Waals surface area contributed by atoms with Crippen LogP contribution in [0.25, 0.3) is 0 Å². The summed E-state index contributed by atoms with van der Waals surface area (Å²) in [5.74, 6) is 0.679. The first-order chi connectivity index (χ1) is 12.9. The molecule has 1 saturated heterocycles. The number of guanidine groups is 1.